The molecule has 0 bridgehead atoms. The monoisotopic (exact) mass is 632 g/mol. The molecule has 204 valence electrons. The Morgan fingerprint density at radius 3 is 2.41 bits per heavy atom. The Balaban J connectivity index is 1.95. The van der Waals surface area contributed by atoms with Gasteiger partial charge in [-0.2, -0.15) is 0 Å². The summed E-state index contributed by atoms with van der Waals surface area (Å²) in [5, 5.41) is -0.618. The summed E-state index contributed by atoms with van der Waals surface area (Å²) in [5.74, 6) is -0.489. The van der Waals surface area contributed by atoms with Crippen molar-refractivity contribution in [3.05, 3.63) is 68.9 Å². The van der Waals surface area contributed by atoms with Crippen LogP contribution in [0, 0.1) is 5.82 Å². The third kappa shape index (κ3) is 7.14. The van der Waals surface area contributed by atoms with Gasteiger partial charge < -0.3 is 9.16 Å². The van der Waals surface area contributed by atoms with Gasteiger partial charge in [-0.15, -0.1) is 0 Å². The fourth-order valence-corrected chi connectivity index (χ4v) is 7.26. The van der Waals surface area contributed by atoms with Gasteiger partial charge in [0.05, 0.1) is 6.04 Å². The first-order chi connectivity index (χ1) is 16.9. The number of aliphatic imine (C=N–C) groups is 1. The van der Waals surface area contributed by atoms with Gasteiger partial charge in [-0.25, -0.2) is 22.5 Å². The molecule has 0 spiro atoms. The number of sulfonamides is 1. The number of hydrogen-bond donors (Lipinski definition) is 1. The molecule has 2 atom stereocenters. The number of hydrogen-bond acceptors (Lipinski definition) is 5. The first kappa shape index (κ1) is 30.1. The van der Waals surface area contributed by atoms with Crippen LogP contribution in [0.25, 0.3) is 0 Å². The van der Waals surface area contributed by atoms with Crippen molar-refractivity contribution < 1.29 is 22.0 Å². The molecule has 2 aromatic carbocycles. The van der Waals surface area contributed by atoms with Gasteiger partial charge in [0, 0.05) is 21.7 Å². The molecule has 0 saturated carbocycles. The van der Waals surface area contributed by atoms with E-state index in [0.717, 1.165) is 4.47 Å². The largest absolute Gasteiger partial charge is 0.457 e. The van der Waals surface area contributed by atoms with E-state index in [0.29, 0.717) is 23.6 Å². The van der Waals surface area contributed by atoms with Gasteiger partial charge >= 0.3 is 0 Å². The van der Waals surface area contributed by atoms with Crippen LogP contribution in [0.3, 0.4) is 0 Å². The summed E-state index contributed by atoms with van der Waals surface area (Å²) in [6.45, 7) is 14.4. The van der Waals surface area contributed by atoms with Gasteiger partial charge in [-0.05, 0) is 74.3 Å². The molecule has 37 heavy (non-hydrogen) atoms. The molecule has 11 heteroatoms. The predicted octanol–water partition coefficient (Wildman–Crippen LogP) is 7.52. The highest BCUT2D eigenvalue weighted by molar-refractivity contribution is 9.10. The van der Waals surface area contributed by atoms with E-state index < -0.39 is 41.1 Å². The Hall–Kier alpha value is -1.46. The first-order valence-corrected chi connectivity index (χ1v) is 17.7. The van der Waals surface area contributed by atoms with Crippen molar-refractivity contribution in [1.82, 2.24) is 4.72 Å². The summed E-state index contributed by atoms with van der Waals surface area (Å²) < 4.78 is 57.4. The normalized spacial score (nSPS) is 21.2. The van der Waals surface area contributed by atoms with Crippen molar-refractivity contribution >= 4 is 51.9 Å². The Labute approximate surface area is 234 Å². The lowest BCUT2D eigenvalue weighted by molar-refractivity contribution is 0.0758. The molecular formula is C26H35BrClFN2O4SSi. The fourth-order valence-electron chi connectivity index (χ4n) is 3.99. The smallest absolute Gasteiger partial charge is 0.299 e. The van der Waals surface area contributed by atoms with E-state index in [-0.39, 0.29) is 16.6 Å². The maximum absolute atomic E-state index is 14.9. The van der Waals surface area contributed by atoms with Crippen LogP contribution >= 0.6 is 27.5 Å². The van der Waals surface area contributed by atoms with Crippen LogP contribution in [0.15, 0.2) is 51.9 Å². The fraction of sp³-hybridized carbons (Fsp3) is 0.500. The highest BCUT2D eigenvalue weighted by Gasteiger charge is 2.48. The van der Waals surface area contributed by atoms with Gasteiger partial charge in [-0.1, -0.05) is 60.4 Å². The Morgan fingerprint density at radius 2 is 1.84 bits per heavy atom. The van der Waals surface area contributed by atoms with Crippen molar-refractivity contribution in [3.63, 3.8) is 0 Å². The van der Waals surface area contributed by atoms with E-state index in [2.05, 4.69) is 59.5 Å². The standard InChI is InChI=1S/C26H35BrClFN2O4SSi/c1-25(2,3)37(6,7)34-15-14-22(20-16-19(28)12-13-21(20)29)30-24-31-36(32,33)23(26(4,5)35-24)17-8-10-18(27)11-9-17/h8-13,16,22-23H,14-15H2,1-7H3,(H,30,31)/t22-,23?/m0/s1. The van der Waals surface area contributed by atoms with Crippen LogP contribution in [0.5, 0.6) is 0 Å². The van der Waals surface area contributed by atoms with Crippen LogP contribution in [0.2, 0.25) is 23.2 Å². The molecule has 1 fully saturated rings. The van der Waals surface area contributed by atoms with E-state index >= 15 is 0 Å². The topological polar surface area (TPSA) is 77.0 Å². The molecular weight excluding hydrogens is 599 g/mol. The maximum atomic E-state index is 14.9. The summed E-state index contributed by atoms with van der Waals surface area (Å²) in [6, 6.07) is 10.3. The number of ether oxygens (including phenoxy) is 1. The summed E-state index contributed by atoms with van der Waals surface area (Å²) in [6.07, 6.45) is 0.314. The summed E-state index contributed by atoms with van der Waals surface area (Å²) >= 11 is 9.55. The van der Waals surface area contributed by atoms with Crippen molar-refractivity contribution in [3.8, 4) is 0 Å². The van der Waals surface area contributed by atoms with E-state index in [1.807, 2.05) is 0 Å². The third-order valence-electron chi connectivity index (χ3n) is 6.95. The average Bonchev–Trinajstić information content (AvgIpc) is 2.73. The Bertz CT molecular complexity index is 1260. The SMILES string of the molecule is CC1(C)OC(=N[C@@H](CCO[Si](C)(C)C(C)(C)C)c2cc(Cl)ccc2F)NS(=O)(=O)C1c1ccc(Br)cc1. The molecule has 1 heterocycles. The van der Waals surface area contributed by atoms with Crippen molar-refractivity contribution in [2.75, 3.05) is 6.61 Å². The van der Waals surface area contributed by atoms with Crippen LogP contribution < -0.4 is 4.72 Å². The second-order valence-electron chi connectivity index (χ2n) is 11.3. The van der Waals surface area contributed by atoms with Crippen molar-refractivity contribution in [2.24, 2.45) is 4.99 Å². The van der Waals surface area contributed by atoms with Gasteiger partial charge in [0.25, 0.3) is 6.02 Å². The van der Waals surface area contributed by atoms with Crippen LogP contribution in [0.1, 0.15) is 63.5 Å². The molecule has 1 aliphatic heterocycles. The minimum Gasteiger partial charge on any atom is -0.457 e. The molecule has 1 unspecified atom stereocenters. The van der Waals surface area contributed by atoms with Gasteiger partial charge in [-0.3, -0.25) is 0 Å². The van der Waals surface area contributed by atoms with E-state index in [1.54, 1.807) is 38.1 Å². The summed E-state index contributed by atoms with van der Waals surface area (Å²) in [7, 11) is -5.98. The second-order valence-corrected chi connectivity index (χ2v) is 19.2. The average molecular weight is 634 g/mol. The van der Waals surface area contributed by atoms with Crippen molar-refractivity contribution in [1.29, 1.82) is 0 Å². The molecule has 0 radical (unpaired) electrons. The molecule has 1 N–H and O–H groups in total. The minimum atomic E-state index is -3.92. The predicted molar refractivity (Wildman–Crippen MR) is 153 cm³/mol. The number of benzene rings is 2. The zero-order valence-electron chi connectivity index (χ0n) is 22.2. The molecule has 1 saturated heterocycles. The maximum Gasteiger partial charge on any atom is 0.299 e. The van der Waals surface area contributed by atoms with Crippen molar-refractivity contribution in [2.45, 2.75) is 76.1 Å². The molecule has 6 nitrogen and oxygen atoms in total. The van der Waals surface area contributed by atoms with Crippen LogP contribution in [-0.4, -0.2) is 35.0 Å². The van der Waals surface area contributed by atoms with Crippen LogP contribution in [0.4, 0.5) is 4.39 Å². The number of amidine groups is 1. The van der Waals surface area contributed by atoms with Gasteiger partial charge in [0.2, 0.25) is 10.0 Å². The molecule has 2 aromatic rings. The number of nitrogens with one attached hydrogen (secondary N) is 1. The molecule has 1 aliphatic rings. The summed E-state index contributed by atoms with van der Waals surface area (Å²) in [5.41, 5.74) is -0.319. The lowest BCUT2D eigenvalue weighted by Gasteiger charge is -2.39. The lowest BCUT2D eigenvalue weighted by atomic mass is 9.97. The zero-order chi connectivity index (χ0) is 27.8. The quantitative estimate of drug-likeness (QED) is 0.320. The molecule has 0 amide bonds. The first-order valence-electron chi connectivity index (χ1n) is 12.1. The van der Waals surface area contributed by atoms with E-state index in [4.69, 9.17) is 20.8 Å². The Kier molecular flexibility index (Phi) is 8.91. The third-order valence-corrected chi connectivity index (χ3v) is 14.2. The van der Waals surface area contributed by atoms with E-state index in [9.17, 15) is 12.8 Å². The highest BCUT2D eigenvalue weighted by atomic mass is 79.9. The number of halogens is 3. The highest BCUT2D eigenvalue weighted by Crippen LogP contribution is 2.40. The number of rotatable bonds is 7. The zero-order valence-corrected chi connectivity index (χ0v) is 26.4. The molecule has 0 aliphatic carbocycles. The number of nitrogens with zero attached hydrogens (tertiary/aromatic N) is 1. The minimum absolute atomic E-state index is 0.00384. The van der Waals surface area contributed by atoms with E-state index in [1.165, 1.54) is 18.2 Å². The van der Waals surface area contributed by atoms with Gasteiger partial charge in [0.1, 0.15) is 16.7 Å². The Morgan fingerprint density at radius 1 is 1.22 bits per heavy atom. The van der Waals surface area contributed by atoms with Gasteiger partial charge in [0.15, 0.2) is 8.32 Å². The lowest BCUT2D eigenvalue weighted by Crippen LogP contribution is -2.53. The summed E-state index contributed by atoms with van der Waals surface area (Å²) in [4.78, 5) is 4.56. The second kappa shape index (κ2) is 11.0. The molecule has 3 rings (SSSR count). The van der Waals surface area contributed by atoms with Crippen LogP contribution in [-0.2, 0) is 19.2 Å². The molecule has 0 aromatic heterocycles.